The Balaban J connectivity index is 1.40. The van der Waals surface area contributed by atoms with E-state index in [0.29, 0.717) is 29.7 Å². The summed E-state index contributed by atoms with van der Waals surface area (Å²) >= 11 is 0. The second-order valence-electron chi connectivity index (χ2n) is 9.25. The number of hydrogen-bond donors (Lipinski definition) is 1. The molecule has 1 N–H and O–H groups in total. The fourth-order valence-electron chi connectivity index (χ4n) is 4.95. The summed E-state index contributed by atoms with van der Waals surface area (Å²) in [6.45, 7) is 0. The van der Waals surface area contributed by atoms with Crippen LogP contribution in [0.25, 0.3) is 11.1 Å². The number of hydrogen-bond acceptors (Lipinski definition) is 3. The van der Waals surface area contributed by atoms with Gasteiger partial charge in [0, 0.05) is 11.3 Å². The molecule has 1 saturated heterocycles. The smallest absolute Gasteiger partial charge is 0.233 e. The predicted molar refractivity (Wildman–Crippen MR) is 138 cm³/mol. The highest BCUT2D eigenvalue weighted by molar-refractivity contribution is 6.03. The first-order valence-electron chi connectivity index (χ1n) is 12.1. The van der Waals surface area contributed by atoms with Crippen LogP contribution in [0.1, 0.15) is 46.5 Å². The largest absolute Gasteiger partial charge is 0.388 e. The first-order valence-corrected chi connectivity index (χ1v) is 12.1. The van der Waals surface area contributed by atoms with Crippen LogP contribution in [0.3, 0.4) is 0 Å². The van der Waals surface area contributed by atoms with E-state index in [1.54, 1.807) is 35.2 Å². The molecule has 0 aromatic heterocycles. The van der Waals surface area contributed by atoms with Crippen LogP contribution in [0, 0.1) is 17.6 Å². The number of aliphatic hydroxyl groups excluding tert-OH is 1. The molecule has 0 bridgehead atoms. The summed E-state index contributed by atoms with van der Waals surface area (Å²) < 4.78 is 26.8. The molecule has 0 aliphatic carbocycles. The van der Waals surface area contributed by atoms with Crippen molar-refractivity contribution in [3.8, 4) is 11.1 Å². The standard InChI is InChI=1S/C31H25F2NO3/c32-25-10-8-22(9-11-25)29(36)17-16-28-30(34(31(28)37)27-14-12-26(33)13-15-27)23-6-4-21(5-7-23)24-3-1-2-20(18-24)19-35/h1-15,18-19,28-30,36H,16-17H2/t28?,29-,30?/m0/s1. The average molecular weight is 498 g/mol. The number of β-lactam (4-membered cyclic amide) rings is 1. The second kappa shape index (κ2) is 10.4. The summed E-state index contributed by atoms with van der Waals surface area (Å²) in [6, 6.07) is 26.4. The zero-order valence-corrected chi connectivity index (χ0v) is 19.9. The molecule has 5 rings (SSSR count). The highest BCUT2D eigenvalue weighted by atomic mass is 19.1. The maximum absolute atomic E-state index is 13.5. The van der Waals surface area contributed by atoms with Crippen molar-refractivity contribution in [1.29, 1.82) is 0 Å². The SMILES string of the molecule is O=Cc1cccc(-c2ccc(C3C(CC[C@H](O)c4ccc(F)cc4)C(=O)N3c3ccc(F)cc3)cc2)c1. The predicted octanol–water partition coefficient (Wildman–Crippen LogP) is 6.66. The van der Waals surface area contributed by atoms with Gasteiger partial charge in [0.25, 0.3) is 0 Å². The van der Waals surface area contributed by atoms with E-state index in [0.717, 1.165) is 23.0 Å². The van der Waals surface area contributed by atoms with Crippen molar-refractivity contribution < 1.29 is 23.5 Å². The lowest BCUT2D eigenvalue weighted by atomic mass is 9.78. The van der Waals surface area contributed by atoms with Gasteiger partial charge < -0.3 is 10.0 Å². The molecule has 0 radical (unpaired) electrons. The number of nitrogens with zero attached hydrogens (tertiary/aromatic N) is 1. The summed E-state index contributed by atoms with van der Waals surface area (Å²) in [5, 5.41) is 10.6. The third kappa shape index (κ3) is 5.06. The molecule has 4 aromatic rings. The minimum Gasteiger partial charge on any atom is -0.388 e. The Morgan fingerprint density at radius 3 is 2.14 bits per heavy atom. The summed E-state index contributed by atoms with van der Waals surface area (Å²) in [5.41, 5.74) is 4.57. The number of carbonyl (C=O) groups is 2. The molecular formula is C31H25F2NO3. The van der Waals surface area contributed by atoms with Crippen LogP contribution in [0.2, 0.25) is 0 Å². The highest BCUT2D eigenvalue weighted by Crippen LogP contribution is 2.46. The molecule has 3 atom stereocenters. The molecule has 4 nitrogen and oxygen atoms in total. The lowest BCUT2D eigenvalue weighted by Gasteiger charge is -2.48. The van der Waals surface area contributed by atoms with Crippen molar-refractivity contribution in [3.63, 3.8) is 0 Å². The molecule has 1 heterocycles. The van der Waals surface area contributed by atoms with E-state index in [1.165, 1.54) is 24.3 Å². The van der Waals surface area contributed by atoms with Gasteiger partial charge in [0.15, 0.2) is 0 Å². The van der Waals surface area contributed by atoms with Crippen molar-refractivity contribution in [2.75, 3.05) is 4.90 Å². The molecule has 1 amide bonds. The van der Waals surface area contributed by atoms with Crippen LogP contribution >= 0.6 is 0 Å². The van der Waals surface area contributed by atoms with Crippen LogP contribution < -0.4 is 4.90 Å². The molecule has 4 aromatic carbocycles. The van der Waals surface area contributed by atoms with Crippen molar-refractivity contribution in [3.05, 3.63) is 125 Å². The van der Waals surface area contributed by atoms with Crippen LogP contribution in [-0.4, -0.2) is 17.3 Å². The van der Waals surface area contributed by atoms with Crippen molar-refractivity contribution >= 4 is 17.9 Å². The monoisotopic (exact) mass is 497 g/mol. The molecule has 186 valence electrons. The van der Waals surface area contributed by atoms with Crippen molar-refractivity contribution in [2.24, 2.45) is 5.92 Å². The molecule has 0 saturated carbocycles. The van der Waals surface area contributed by atoms with Crippen LogP contribution in [-0.2, 0) is 4.79 Å². The van der Waals surface area contributed by atoms with E-state index in [2.05, 4.69) is 0 Å². The van der Waals surface area contributed by atoms with Crippen molar-refractivity contribution in [2.45, 2.75) is 25.0 Å². The summed E-state index contributed by atoms with van der Waals surface area (Å²) in [7, 11) is 0. The van der Waals surface area contributed by atoms with E-state index in [1.807, 2.05) is 42.5 Å². The maximum Gasteiger partial charge on any atom is 0.233 e. The van der Waals surface area contributed by atoms with E-state index >= 15 is 0 Å². The number of benzene rings is 4. The van der Waals surface area contributed by atoms with E-state index in [-0.39, 0.29) is 29.5 Å². The third-order valence-corrected chi connectivity index (χ3v) is 6.93. The topological polar surface area (TPSA) is 57.6 Å². The number of aliphatic hydroxyl groups is 1. The van der Waals surface area contributed by atoms with Gasteiger partial charge >= 0.3 is 0 Å². The number of carbonyl (C=O) groups excluding carboxylic acids is 2. The number of anilines is 1. The van der Waals surface area contributed by atoms with Gasteiger partial charge in [-0.3, -0.25) is 9.59 Å². The van der Waals surface area contributed by atoms with E-state index in [9.17, 15) is 23.5 Å². The first-order chi connectivity index (χ1) is 17.9. The van der Waals surface area contributed by atoms with Gasteiger partial charge in [-0.1, -0.05) is 54.6 Å². The maximum atomic E-state index is 13.5. The van der Waals surface area contributed by atoms with Gasteiger partial charge in [-0.15, -0.1) is 0 Å². The lowest BCUT2D eigenvalue weighted by Crippen LogP contribution is -2.55. The summed E-state index contributed by atoms with van der Waals surface area (Å²) in [5.74, 6) is -1.22. The van der Waals surface area contributed by atoms with Gasteiger partial charge in [-0.25, -0.2) is 8.78 Å². The van der Waals surface area contributed by atoms with E-state index < -0.39 is 6.10 Å². The molecule has 1 aliphatic heterocycles. The fourth-order valence-corrected chi connectivity index (χ4v) is 4.95. The quantitative estimate of drug-likeness (QED) is 0.219. The minimum absolute atomic E-state index is 0.0920. The van der Waals surface area contributed by atoms with Crippen molar-refractivity contribution in [1.82, 2.24) is 0 Å². The Kier molecular flexibility index (Phi) is 6.93. The van der Waals surface area contributed by atoms with Gasteiger partial charge in [0.2, 0.25) is 5.91 Å². The average Bonchev–Trinajstić information content (AvgIpc) is 2.93. The number of halogens is 2. The first kappa shape index (κ1) is 24.5. The van der Waals surface area contributed by atoms with E-state index in [4.69, 9.17) is 0 Å². The Morgan fingerprint density at radius 2 is 1.49 bits per heavy atom. The molecule has 1 fully saturated rings. The van der Waals surface area contributed by atoms with Gasteiger partial charge in [-0.2, -0.15) is 0 Å². The van der Waals surface area contributed by atoms with Crippen LogP contribution in [0.5, 0.6) is 0 Å². The molecule has 2 unspecified atom stereocenters. The van der Waals surface area contributed by atoms with Gasteiger partial charge in [-0.05, 0) is 77.6 Å². The molecule has 0 spiro atoms. The minimum atomic E-state index is -0.818. The van der Waals surface area contributed by atoms with Crippen LogP contribution in [0.4, 0.5) is 14.5 Å². The summed E-state index contributed by atoms with van der Waals surface area (Å²) in [6.07, 6.45) is 0.764. The van der Waals surface area contributed by atoms with Crippen LogP contribution in [0.15, 0.2) is 97.1 Å². The van der Waals surface area contributed by atoms with Gasteiger partial charge in [0.1, 0.15) is 17.9 Å². The zero-order valence-electron chi connectivity index (χ0n) is 19.9. The van der Waals surface area contributed by atoms with Gasteiger partial charge in [0.05, 0.1) is 18.1 Å². The second-order valence-corrected chi connectivity index (χ2v) is 9.25. The molecule has 6 heteroatoms. The fraction of sp³-hybridized carbons (Fsp3) is 0.161. The lowest BCUT2D eigenvalue weighted by molar-refractivity contribution is -0.131. The Morgan fingerprint density at radius 1 is 0.838 bits per heavy atom. The molecule has 37 heavy (non-hydrogen) atoms. The Bertz CT molecular complexity index is 1400. The Hall–Kier alpha value is -4.16. The number of aldehydes is 1. The zero-order chi connectivity index (χ0) is 25.9. The normalized spacial score (nSPS) is 17.8. The summed E-state index contributed by atoms with van der Waals surface area (Å²) in [4.78, 5) is 26.1. The third-order valence-electron chi connectivity index (χ3n) is 6.93. The Labute approximate surface area is 213 Å². The molecule has 1 aliphatic rings. The highest BCUT2D eigenvalue weighted by Gasteiger charge is 2.48. The molecular weight excluding hydrogens is 472 g/mol. The number of amides is 1. The number of rotatable bonds is 8.